The van der Waals surface area contributed by atoms with Crippen LogP contribution in [0.5, 0.6) is 0 Å². The first-order chi connectivity index (χ1) is 5.52. The minimum Gasteiger partial charge on any atom is -0.481 e. The van der Waals surface area contributed by atoms with Crippen molar-refractivity contribution in [2.45, 2.75) is 38.0 Å². The van der Waals surface area contributed by atoms with E-state index in [9.17, 15) is 13.6 Å². The van der Waals surface area contributed by atoms with Crippen LogP contribution in [0.3, 0.4) is 0 Å². The molecule has 1 saturated carbocycles. The van der Waals surface area contributed by atoms with Crippen molar-refractivity contribution in [2.24, 2.45) is 5.92 Å². The van der Waals surface area contributed by atoms with Gasteiger partial charge in [0.25, 0.3) is 5.92 Å². The Hall–Kier alpha value is -0.670. The van der Waals surface area contributed by atoms with Gasteiger partial charge in [0.2, 0.25) is 0 Å². The van der Waals surface area contributed by atoms with Crippen LogP contribution in [-0.2, 0) is 4.79 Å². The Labute approximate surface area is 69.6 Å². The highest BCUT2D eigenvalue weighted by atomic mass is 19.3. The fraction of sp³-hybridized carbons (Fsp3) is 0.875. The van der Waals surface area contributed by atoms with Gasteiger partial charge >= 0.3 is 5.97 Å². The van der Waals surface area contributed by atoms with Gasteiger partial charge in [-0.05, 0) is 12.8 Å². The molecular weight excluding hydrogens is 166 g/mol. The number of carboxylic acid groups (broad SMARTS) is 1. The highest BCUT2D eigenvalue weighted by Gasteiger charge is 2.42. The maximum atomic E-state index is 13.0. The summed E-state index contributed by atoms with van der Waals surface area (Å²) in [7, 11) is 0. The van der Waals surface area contributed by atoms with Gasteiger partial charge in [-0.15, -0.1) is 0 Å². The van der Waals surface area contributed by atoms with Gasteiger partial charge in [0.1, 0.15) is 6.42 Å². The number of hydrogen-bond acceptors (Lipinski definition) is 1. The summed E-state index contributed by atoms with van der Waals surface area (Å²) in [6, 6.07) is 0. The molecule has 0 amide bonds. The van der Waals surface area contributed by atoms with E-state index in [4.69, 9.17) is 5.11 Å². The van der Waals surface area contributed by atoms with Crippen LogP contribution in [0.15, 0.2) is 0 Å². The molecule has 0 heterocycles. The van der Waals surface area contributed by atoms with E-state index in [2.05, 4.69) is 0 Å². The van der Waals surface area contributed by atoms with Crippen LogP contribution in [0.25, 0.3) is 0 Å². The molecule has 0 aromatic heterocycles. The number of carboxylic acids is 1. The van der Waals surface area contributed by atoms with E-state index in [-0.39, 0.29) is 0 Å². The molecule has 0 aliphatic heterocycles. The normalized spacial score (nSPS) is 19.8. The smallest absolute Gasteiger partial charge is 0.309 e. The Kier molecular flexibility index (Phi) is 2.65. The molecule has 0 saturated heterocycles. The lowest BCUT2D eigenvalue weighted by molar-refractivity contribution is -0.149. The van der Waals surface area contributed by atoms with Crippen molar-refractivity contribution in [1.29, 1.82) is 0 Å². The summed E-state index contributed by atoms with van der Waals surface area (Å²) in [5.41, 5.74) is 0. The first-order valence-electron chi connectivity index (χ1n) is 4.12. The Morgan fingerprint density at radius 3 is 2.33 bits per heavy atom. The number of halogens is 2. The number of aliphatic carboxylic acids is 1. The van der Waals surface area contributed by atoms with E-state index in [1.807, 2.05) is 0 Å². The third-order valence-corrected chi connectivity index (χ3v) is 2.34. The maximum Gasteiger partial charge on any atom is 0.309 e. The zero-order valence-electron chi connectivity index (χ0n) is 6.72. The van der Waals surface area contributed by atoms with Crippen LogP contribution >= 0.6 is 0 Å². The molecule has 1 N–H and O–H groups in total. The van der Waals surface area contributed by atoms with E-state index in [0.29, 0.717) is 12.8 Å². The van der Waals surface area contributed by atoms with Crippen LogP contribution in [0.4, 0.5) is 8.78 Å². The van der Waals surface area contributed by atoms with Gasteiger partial charge < -0.3 is 5.11 Å². The van der Waals surface area contributed by atoms with Crippen molar-refractivity contribution in [1.82, 2.24) is 0 Å². The van der Waals surface area contributed by atoms with Gasteiger partial charge in [-0.1, -0.05) is 12.8 Å². The van der Waals surface area contributed by atoms with Crippen LogP contribution in [0.1, 0.15) is 32.1 Å². The van der Waals surface area contributed by atoms with E-state index >= 15 is 0 Å². The maximum absolute atomic E-state index is 13.0. The molecule has 0 atom stereocenters. The van der Waals surface area contributed by atoms with E-state index in [1.54, 1.807) is 0 Å². The fourth-order valence-corrected chi connectivity index (χ4v) is 1.69. The van der Waals surface area contributed by atoms with Crippen molar-refractivity contribution < 1.29 is 18.7 Å². The summed E-state index contributed by atoms with van der Waals surface area (Å²) in [6.45, 7) is 0. The van der Waals surface area contributed by atoms with Crippen molar-refractivity contribution >= 4 is 5.97 Å². The SMILES string of the molecule is O=C(O)CC(F)(F)C1CCCC1. The molecule has 0 aromatic carbocycles. The molecule has 1 rings (SSSR count). The molecule has 4 heteroatoms. The molecular formula is C8H12F2O2. The molecule has 1 aliphatic carbocycles. The Morgan fingerprint density at radius 2 is 1.92 bits per heavy atom. The van der Waals surface area contributed by atoms with Crippen molar-refractivity contribution in [3.8, 4) is 0 Å². The molecule has 1 aliphatic rings. The largest absolute Gasteiger partial charge is 0.481 e. The van der Waals surface area contributed by atoms with E-state index < -0.39 is 24.2 Å². The molecule has 2 nitrogen and oxygen atoms in total. The standard InChI is InChI=1S/C8H12F2O2/c9-8(10,5-7(11)12)6-3-1-2-4-6/h6H,1-5H2,(H,11,12). The molecule has 0 unspecified atom stereocenters. The lowest BCUT2D eigenvalue weighted by Gasteiger charge is -2.20. The second-order valence-corrected chi connectivity index (χ2v) is 3.31. The minimum atomic E-state index is -3.00. The third-order valence-electron chi connectivity index (χ3n) is 2.34. The number of hydrogen-bond donors (Lipinski definition) is 1. The summed E-state index contributed by atoms with van der Waals surface area (Å²) in [6.07, 6.45) is 1.54. The lowest BCUT2D eigenvalue weighted by Crippen LogP contribution is -2.29. The van der Waals surface area contributed by atoms with Gasteiger partial charge in [0, 0.05) is 5.92 Å². The minimum absolute atomic E-state index is 0.472. The highest BCUT2D eigenvalue weighted by molar-refractivity contribution is 5.67. The summed E-state index contributed by atoms with van der Waals surface area (Å²) >= 11 is 0. The quantitative estimate of drug-likeness (QED) is 0.719. The Morgan fingerprint density at radius 1 is 1.42 bits per heavy atom. The zero-order chi connectivity index (χ0) is 9.19. The molecule has 0 aromatic rings. The predicted molar refractivity (Wildman–Crippen MR) is 39.2 cm³/mol. The van der Waals surface area contributed by atoms with Gasteiger partial charge in [0.15, 0.2) is 0 Å². The monoisotopic (exact) mass is 178 g/mol. The third kappa shape index (κ3) is 2.16. The second kappa shape index (κ2) is 3.37. The van der Waals surface area contributed by atoms with Crippen molar-refractivity contribution in [2.75, 3.05) is 0 Å². The van der Waals surface area contributed by atoms with Crippen LogP contribution in [-0.4, -0.2) is 17.0 Å². The molecule has 1 fully saturated rings. The first-order valence-corrected chi connectivity index (χ1v) is 4.12. The summed E-state index contributed by atoms with van der Waals surface area (Å²) in [5, 5.41) is 8.23. The number of carbonyl (C=O) groups is 1. The van der Waals surface area contributed by atoms with Crippen LogP contribution in [0.2, 0.25) is 0 Å². The summed E-state index contributed by atoms with van der Waals surface area (Å²) in [5.74, 6) is -5.11. The predicted octanol–water partition coefficient (Wildman–Crippen LogP) is 2.29. The van der Waals surface area contributed by atoms with Gasteiger partial charge in [-0.2, -0.15) is 0 Å². The molecule has 12 heavy (non-hydrogen) atoms. The zero-order valence-corrected chi connectivity index (χ0v) is 6.72. The van der Waals surface area contributed by atoms with Gasteiger partial charge in [-0.3, -0.25) is 4.79 Å². The summed E-state index contributed by atoms with van der Waals surface area (Å²) in [4.78, 5) is 10.1. The lowest BCUT2D eigenvalue weighted by atomic mass is 9.97. The highest BCUT2D eigenvalue weighted by Crippen LogP contribution is 2.39. The molecule has 0 radical (unpaired) electrons. The molecule has 0 bridgehead atoms. The van der Waals surface area contributed by atoms with Gasteiger partial charge in [-0.25, -0.2) is 8.78 Å². The molecule has 70 valence electrons. The topological polar surface area (TPSA) is 37.3 Å². The average molecular weight is 178 g/mol. The van der Waals surface area contributed by atoms with Crippen LogP contribution in [0, 0.1) is 5.92 Å². The van der Waals surface area contributed by atoms with Crippen LogP contribution < -0.4 is 0 Å². The van der Waals surface area contributed by atoms with Gasteiger partial charge in [0.05, 0.1) is 0 Å². The second-order valence-electron chi connectivity index (χ2n) is 3.31. The van der Waals surface area contributed by atoms with Crippen molar-refractivity contribution in [3.05, 3.63) is 0 Å². The number of alkyl halides is 2. The Balaban J connectivity index is 2.50. The average Bonchev–Trinajstić information content (AvgIpc) is 2.32. The summed E-state index contributed by atoms with van der Waals surface area (Å²) < 4.78 is 26.0. The van der Waals surface area contributed by atoms with Crippen molar-refractivity contribution in [3.63, 3.8) is 0 Å². The fourth-order valence-electron chi connectivity index (χ4n) is 1.69. The first kappa shape index (κ1) is 9.42. The number of rotatable bonds is 3. The van der Waals surface area contributed by atoms with E-state index in [0.717, 1.165) is 12.8 Å². The Bertz CT molecular complexity index is 174. The molecule has 0 spiro atoms. The van der Waals surface area contributed by atoms with E-state index in [1.165, 1.54) is 0 Å².